The highest BCUT2D eigenvalue weighted by Gasteiger charge is 2.33. The fourth-order valence-electron chi connectivity index (χ4n) is 4.95. The van der Waals surface area contributed by atoms with Crippen molar-refractivity contribution >= 4 is 23.6 Å². The molecule has 2 fully saturated rings. The topological polar surface area (TPSA) is 89.8 Å². The van der Waals surface area contributed by atoms with Crippen molar-refractivity contribution in [1.29, 1.82) is 0 Å². The van der Waals surface area contributed by atoms with Gasteiger partial charge in [-0.1, -0.05) is 43.2 Å². The van der Waals surface area contributed by atoms with Gasteiger partial charge in [-0.3, -0.25) is 9.59 Å². The van der Waals surface area contributed by atoms with Gasteiger partial charge in [-0.05, 0) is 31.9 Å². The normalized spacial score (nSPS) is 20.9. The molecular formula is C24H31N5O4S. The Morgan fingerprint density at radius 1 is 1.00 bits per heavy atom. The summed E-state index contributed by atoms with van der Waals surface area (Å²) in [6.45, 7) is 4.21. The van der Waals surface area contributed by atoms with E-state index in [1.165, 1.54) is 31.0 Å². The van der Waals surface area contributed by atoms with E-state index in [1.54, 1.807) is 11.0 Å². The van der Waals surface area contributed by atoms with Gasteiger partial charge < -0.3 is 23.8 Å². The van der Waals surface area contributed by atoms with E-state index >= 15 is 0 Å². The highest BCUT2D eigenvalue weighted by atomic mass is 32.2. The molecule has 182 valence electrons. The molecule has 9 nitrogen and oxygen atoms in total. The maximum atomic E-state index is 12.9. The number of piperazine rings is 1. The van der Waals surface area contributed by atoms with Crippen molar-refractivity contribution in [2.24, 2.45) is 0 Å². The van der Waals surface area contributed by atoms with Gasteiger partial charge in [0, 0.05) is 32.2 Å². The smallest absolute Gasteiger partial charge is 0.267 e. The summed E-state index contributed by atoms with van der Waals surface area (Å²) in [5.74, 6) is 2.48. The molecule has 34 heavy (non-hydrogen) atoms. The van der Waals surface area contributed by atoms with Gasteiger partial charge in [-0.15, -0.1) is 10.2 Å². The van der Waals surface area contributed by atoms with Crippen LogP contribution in [0.15, 0.2) is 29.4 Å². The third kappa shape index (κ3) is 4.87. The Morgan fingerprint density at radius 3 is 2.47 bits per heavy atom. The number of aryl methyl sites for hydroxylation is 1. The molecule has 5 rings (SSSR count). The summed E-state index contributed by atoms with van der Waals surface area (Å²) in [6.07, 6.45) is 5.41. The van der Waals surface area contributed by atoms with Gasteiger partial charge >= 0.3 is 0 Å². The predicted octanol–water partition coefficient (Wildman–Crippen LogP) is 2.69. The molecule has 10 heteroatoms. The molecule has 3 heterocycles. The Bertz CT molecular complexity index is 1030. The minimum absolute atomic E-state index is 0.0686. The lowest BCUT2D eigenvalue weighted by Gasteiger charge is -2.37. The van der Waals surface area contributed by atoms with Gasteiger partial charge in [0.1, 0.15) is 12.4 Å². The first kappa shape index (κ1) is 23.0. The van der Waals surface area contributed by atoms with Gasteiger partial charge in [0.15, 0.2) is 16.7 Å². The first-order valence-corrected chi connectivity index (χ1v) is 13.1. The largest absolute Gasteiger partial charge is 0.485 e. The summed E-state index contributed by atoms with van der Waals surface area (Å²) in [5.41, 5.74) is 0. The molecule has 1 atom stereocenters. The summed E-state index contributed by atoms with van der Waals surface area (Å²) in [4.78, 5) is 29.4. The van der Waals surface area contributed by atoms with Crippen LogP contribution < -0.4 is 9.47 Å². The average Bonchev–Trinajstić information content (AvgIpc) is 3.27. The lowest BCUT2D eigenvalue weighted by atomic mass is 9.95. The van der Waals surface area contributed by atoms with Crippen LogP contribution in [-0.4, -0.2) is 81.0 Å². The fraction of sp³-hybridized carbons (Fsp3) is 0.583. The van der Waals surface area contributed by atoms with Crippen LogP contribution in [0.25, 0.3) is 0 Å². The zero-order chi connectivity index (χ0) is 23.5. The highest BCUT2D eigenvalue weighted by Crippen LogP contribution is 2.33. The number of carbonyl (C=O) groups is 2. The number of para-hydroxylation sites is 2. The third-order valence-electron chi connectivity index (χ3n) is 6.83. The van der Waals surface area contributed by atoms with Crippen molar-refractivity contribution < 1.29 is 19.1 Å². The van der Waals surface area contributed by atoms with E-state index in [0.717, 1.165) is 23.8 Å². The van der Waals surface area contributed by atoms with E-state index in [9.17, 15) is 9.59 Å². The van der Waals surface area contributed by atoms with Crippen LogP contribution in [0.4, 0.5) is 0 Å². The Morgan fingerprint density at radius 2 is 1.71 bits per heavy atom. The van der Waals surface area contributed by atoms with E-state index in [4.69, 9.17) is 9.47 Å². The molecule has 1 aromatic carbocycles. The van der Waals surface area contributed by atoms with Gasteiger partial charge in [-0.25, -0.2) is 0 Å². The molecule has 1 saturated heterocycles. The number of fused-ring (bicyclic) bond motifs is 1. The molecule has 1 aliphatic carbocycles. The van der Waals surface area contributed by atoms with Crippen molar-refractivity contribution in [3.8, 4) is 11.5 Å². The van der Waals surface area contributed by atoms with Crippen molar-refractivity contribution in [3.63, 3.8) is 0 Å². The number of rotatable bonds is 5. The van der Waals surface area contributed by atoms with E-state index in [1.807, 2.05) is 30.0 Å². The summed E-state index contributed by atoms with van der Waals surface area (Å²) < 4.78 is 13.8. The first-order chi connectivity index (χ1) is 16.6. The van der Waals surface area contributed by atoms with E-state index in [0.29, 0.717) is 49.5 Å². The number of ether oxygens (including phenoxy) is 2. The molecule has 2 amide bonds. The number of nitrogens with zero attached hydrogens (tertiary/aromatic N) is 5. The number of hydrogen-bond donors (Lipinski definition) is 0. The Labute approximate surface area is 203 Å². The number of carbonyl (C=O) groups excluding carboxylic acids is 2. The van der Waals surface area contributed by atoms with Gasteiger partial charge in [-0.2, -0.15) is 0 Å². The van der Waals surface area contributed by atoms with Crippen molar-refractivity contribution in [2.75, 3.05) is 38.5 Å². The molecule has 0 bridgehead atoms. The molecule has 1 saturated carbocycles. The van der Waals surface area contributed by atoms with Crippen LogP contribution >= 0.6 is 11.8 Å². The van der Waals surface area contributed by atoms with Crippen molar-refractivity contribution in [3.05, 3.63) is 30.1 Å². The number of benzene rings is 1. The van der Waals surface area contributed by atoms with Crippen molar-refractivity contribution in [1.82, 2.24) is 24.6 Å². The SMILES string of the molecule is Cc1nnc(SCC(=O)N2CCN(C(=O)C3COc4ccccc4O3)CC2)n1C1CCCCC1. The first-order valence-electron chi connectivity index (χ1n) is 12.1. The number of hydrogen-bond acceptors (Lipinski definition) is 7. The zero-order valence-corrected chi connectivity index (χ0v) is 20.3. The number of amides is 2. The van der Waals surface area contributed by atoms with E-state index in [2.05, 4.69) is 14.8 Å². The van der Waals surface area contributed by atoms with E-state index in [-0.39, 0.29) is 18.4 Å². The quantitative estimate of drug-likeness (QED) is 0.602. The summed E-state index contributed by atoms with van der Waals surface area (Å²) in [7, 11) is 0. The molecular weight excluding hydrogens is 454 g/mol. The van der Waals surface area contributed by atoms with Gasteiger partial charge in [0.2, 0.25) is 12.0 Å². The molecule has 2 aromatic rings. The van der Waals surface area contributed by atoms with Crippen LogP contribution in [-0.2, 0) is 9.59 Å². The molecule has 2 aliphatic heterocycles. The fourth-order valence-corrected chi connectivity index (χ4v) is 5.90. The number of aromatic nitrogens is 3. The molecule has 0 N–H and O–H groups in total. The van der Waals surface area contributed by atoms with Gasteiger partial charge in [0.05, 0.1) is 5.75 Å². The number of thioether (sulfide) groups is 1. The van der Waals surface area contributed by atoms with E-state index < -0.39 is 6.10 Å². The lowest BCUT2D eigenvalue weighted by molar-refractivity contribution is -0.145. The Hall–Kier alpha value is -2.75. The van der Waals surface area contributed by atoms with Crippen LogP contribution in [0, 0.1) is 6.92 Å². The van der Waals surface area contributed by atoms with Crippen molar-refractivity contribution in [2.45, 2.75) is 56.3 Å². The minimum atomic E-state index is -0.651. The Kier molecular flexibility index (Phi) is 6.94. The molecule has 1 aromatic heterocycles. The second kappa shape index (κ2) is 10.2. The summed E-state index contributed by atoms with van der Waals surface area (Å²) in [6, 6.07) is 7.81. The lowest BCUT2D eigenvalue weighted by Crippen LogP contribution is -2.55. The third-order valence-corrected chi connectivity index (χ3v) is 7.76. The second-order valence-electron chi connectivity index (χ2n) is 9.05. The second-order valence-corrected chi connectivity index (χ2v) is 9.99. The average molecular weight is 486 g/mol. The van der Waals surface area contributed by atoms with Crippen LogP contribution in [0.3, 0.4) is 0 Å². The zero-order valence-electron chi connectivity index (χ0n) is 19.5. The standard InChI is InChI=1S/C24H31N5O4S/c1-17-25-26-24(29(17)18-7-3-2-4-8-18)34-16-22(30)27-11-13-28(14-12-27)23(31)21-15-32-19-9-5-6-10-20(19)33-21/h5-6,9-10,18,21H,2-4,7-8,11-16H2,1H3. The Balaban J connectivity index is 1.11. The van der Waals surface area contributed by atoms with Crippen LogP contribution in [0.2, 0.25) is 0 Å². The molecule has 0 radical (unpaired) electrons. The molecule has 3 aliphatic rings. The maximum absolute atomic E-state index is 12.9. The van der Waals surface area contributed by atoms with Crippen LogP contribution in [0.5, 0.6) is 11.5 Å². The van der Waals surface area contributed by atoms with Crippen LogP contribution in [0.1, 0.15) is 44.0 Å². The molecule has 1 unspecified atom stereocenters. The summed E-state index contributed by atoms with van der Waals surface area (Å²) >= 11 is 1.47. The maximum Gasteiger partial charge on any atom is 0.267 e. The monoisotopic (exact) mass is 485 g/mol. The summed E-state index contributed by atoms with van der Waals surface area (Å²) in [5, 5.41) is 9.44. The molecule has 0 spiro atoms. The highest BCUT2D eigenvalue weighted by molar-refractivity contribution is 7.99. The predicted molar refractivity (Wildman–Crippen MR) is 127 cm³/mol. The minimum Gasteiger partial charge on any atom is -0.485 e. The van der Waals surface area contributed by atoms with Gasteiger partial charge in [0.25, 0.3) is 5.91 Å².